The van der Waals surface area contributed by atoms with Gasteiger partial charge in [-0.3, -0.25) is 14.4 Å². The summed E-state index contributed by atoms with van der Waals surface area (Å²) in [6.45, 7) is -0.405. The van der Waals surface area contributed by atoms with Crippen LogP contribution in [0.5, 0.6) is 11.5 Å². The monoisotopic (exact) mass is 254 g/mol. The summed E-state index contributed by atoms with van der Waals surface area (Å²) in [7, 11) is 2.91. The first-order valence-corrected chi connectivity index (χ1v) is 5.01. The molecule has 0 bridgehead atoms. The molecule has 0 unspecified atom stereocenters. The predicted molar refractivity (Wildman–Crippen MR) is 62.2 cm³/mol. The standard InChI is InChI=1S/C11H14N2O5/c1-16-7-3-4-9(17-2)8(5-7)11(15)13-18-6-10(12)14/h3-5H,6H2,1-2H3,(H2,12,14)(H,13,15). The highest BCUT2D eigenvalue weighted by Crippen LogP contribution is 2.23. The average Bonchev–Trinajstić information content (AvgIpc) is 2.37. The van der Waals surface area contributed by atoms with E-state index in [4.69, 9.17) is 15.2 Å². The second-order valence-electron chi connectivity index (χ2n) is 3.25. The molecule has 0 aliphatic rings. The molecule has 0 fully saturated rings. The Morgan fingerprint density at radius 2 is 2.00 bits per heavy atom. The van der Waals surface area contributed by atoms with E-state index in [1.807, 2.05) is 0 Å². The van der Waals surface area contributed by atoms with Crippen molar-refractivity contribution in [3.63, 3.8) is 0 Å². The molecule has 7 heteroatoms. The first kappa shape index (κ1) is 13.8. The summed E-state index contributed by atoms with van der Waals surface area (Å²) in [6, 6.07) is 4.73. The molecule has 0 radical (unpaired) electrons. The Hall–Kier alpha value is -2.28. The van der Waals surface area contributed by atoms with Crippen molar-refractivity contribution in [3.8, 4) is 11.5 Å². The normalized spacial score (nSPS) is 9.67. The van der Waals surface area contributed by atoms with Crippen LogP contribution in [0.2, 0.25) is 0 Å². The third-order valence-corrected chi connectivity index (χ3v) is 2.03. The Labute approximate surface area is 104 Å². The van der Waals surface area contributed by atoms with Gasteiger partial charge in [-0.2, -0.15) is 0 Å². The summed E-state index contributed by atoms with van der Waals surface area (Å²) in [5, 5.41) is 0. The third-order valence-electron chi connectivity index (χ3n) is 2.03. The highest BCUT2D eigenvalue weighted by Gasteiger charge is 2.13. The number of rotatable bonds is 6. The van der Waals surface area contributed by atoms with Crippen molar-refractivity contribution in [3.05, 3.63) is 23.8 Å². The van der Waals surface area contributed by atoms with Crippen LogP contribution in [0, 0.1) is 0 Å². The second kappa shape index (κ2) is 6.45. The zero-order valence-corrected chi connectivity index (χ0v) is 10.1. The average molecular weight is 254 g/mol. The van der Waals surface area contributed by atoms with Crippen LogP contribution in [-0.2, 0) is 9.63 Å². The molecule has 1 rings (SSSR count). The van der Waals surface area contributed by atoms with Crippen molar-refractivity contribution in [2.24, 2.45) is 5.73 Å². The van der Waals surface area contributed by atoms with Gasteiger partial charge in [-0.05, 0) is 18.2 Å². The molecule has 18 heavy (non-hydrogen) atoms. The number of nitrogens with two attached hydrogens (primary N) is 1. The molecule has 3 N–H and O–H groups in total. The number of primary amides is 1. The minimum Gasteiger partial charge on any atom is -0.497 e. The molecule has 98 valence electrons. The Kier molecular flexibility index (Phi) is 4.94. The summed E-state index contributed by atoms with van der Waals surface area (Å²) < 4.78 is 10.0. The van der Waals surface area contributed by atoms with Crippen LogP contribution in [0.3, 0.4) is 0 Å². The number of nitrogens with one attached hydrogen (secondary N) is 1. The number of carbonyl (C=O) groups excluding carboxylic acids is 2. The minimum absolute atomic E-state index is 0.223. The lowest BCUT2D eigenvalue weighted by molar-refractivity contribution is -0.124. The molecule has 0 saturated heterocycles. The van der Waals surface area contributed by atoms with Crippen molar-refractivity contribution in [2.75, 3.05) is 20.8 Å². The lowest BCUT2D eigenvalue weighted by Gasteiger charge is -2.10. The molecular weight excluding hydrogens is 240 g/mol. The fourth-order valence-corrected chi connectivity index (χ4v) is 1.22. The van der Waals surface area contributed by atoms with Crippen molar-refractivity contribution in [1.29, 1.82) is 0 Å². The number of hydroxylamine groups is 1. The van der Waals surface area contributed by atoms with Gasteiger partial charge >= 0.3 is 0 Å². The van der Waals surface area contributed by atoms with Gasteiger partial charge in [0.25, 0.3) is 5.91 Å². The maximum absolute atomic E-state index is 11.8. The molecule has 1 aromatic carbocycles. The topological polar surface area (TPSA) is 99.9 Å². The van der Waals surface area contributed by atoms with E-state index >= 15 is 0 Å². The van der Waals surface area contributed by atoms with E-state index in [2.05, 4.69) is 10.3 Å². The van der Waals surface area contributed by atoms with Crippen LogP contribution < -0.4 is 20.7 Å². The van der Waals surface area contributed by atoms with Crippen LogP contribution >= 0.6 is 0 Å². The molecule has 1 aromatic rings. The van der Waals surface area contributed by atoms with Crippen LogP contribution in [0.25, 0.3) is 0 Å². The first-order chi connectivity index (χ1) is 8.58. The van der Waals surface area contributed by atoms with Crippen molar-refractivity contribution in [1.82, 2.24) is 5.48 Å². The first-order valence-electron chi connectivity index (χ1n) is 5.01. The number of methoxy groups -OCH3 is 2. The van der Waals surface area contributed by atoms with E-state index in [1.165, 1.54) is 20.3 Å². The van der Waals surface area contributed by atoms with E-state index in [1.54, 1.807) is 12.1 Å². The molecule has 0 aromatic heterocycles. The van der Waals surface area contributed by atoms with E-state index in [-0.39, 0.29) is 5.56 Å². The summed E-state index contributed by atoms with van der Waals surface area (Å²) >= 11 is 0. The summed E-state index contributed by atoms with van der Waals surface area (Å²) in [4.78, 5) is 26.8. The van der Waals surface area contributed by atoms with E-state index in [0.717, 1.165) is 0 Å². The smallest absolute Gasteiger partial charge is 0.278 e. The number of amides is 2. The Morgan fingerprint density at radius 3 is 2.56 bits per heavy atom. The maximum atomic E-state index is 11.8. The molecule has 0 aliphatic heterocycles. The quantitative estimate of drug-likeness (QED) is 0.688. The van der Waals surface area contributed by atoms with Gasteiger partial charge in [-0.15, -0.1) is 0 Å². The lowest BCUT2D eigenvalue weighted by atomic mass is 10.2. The summed E-state index contributed by atoms with van der Waals surface area (Å²) in [6.07, 6.45) is 0. The maximum Gasteiger partial charge on any atom is 0.278 e. The van der Waals surface area contributed by atoms with Gasteiger partial charge in [0.15, 0.2) is 6.61 Å². The van der Waals surface area contributed by atoms with Crippen LogP contribution in [0.1, 0.15) is 10.4 Å². The van der Waals surface area contributed by atoms with E-state index in [9.17, 15) is 9.59 Å². The SMILES string of the molecule is COc1ccc(OC)c(C(=O)NOCC(N)=O)c1. The summed E-state index contributed by atoms with van der Waals surface area (Å²) in [5.74, 6) is -0.397. The second-order valence-corrected chi connectivity index (χ2v) is 3.25. The van der Waals surface area contributed by atoms with Gasteiger partial charge in [-0.1, -0.05) is 0 Å². The molecule has 0 spiro atoms. The predicted octanol–water partition coefficient (Wildman–Crippen LogP) is -0.150. The molecular formula is C11H14N2O5. The van der Waals surface area contributed by atoms with Gasteiger partial charge in [0.1, 0.15) is 11.5 Å². The fourth-order valence-electron chi connectivity index (χ4n) is 1.22. The van der Waals surface area contributed by atoms with Gasteiger partial charge in [0.05, 0.1) is 19.8 Å². The zero-order chi connectivity index (χ0) is 13.5. The zero-order valence-electron chi connectivity index (χ0n) is 10.1. The molecule has 2 amide bonds. The molecule has 0 atom stereocenters. The third kappa shape index (κ3) is 3.63. The van der Waals surface area contributed by atoms with Crippen LogP contribution in [0.15, 0.2) is 18.2 Å². The largest absolute Gasteiger partial charge is 0.497 e. The van der Waals surface area contributed by atoms with Crippen molar-refractivity contribution >= 4 is 11.8 Å². The Balaban J connectivity index is 2.79. The van der Waals surface area contributed by atoms with E-state index in [0.29, 0.717) is 11.5 Å². The lowest BCUT2D eigenvalue weighted by Crippen LogP contribution is -2.29. The molecule has 0 heterocycles. The van der Waals surface area contributed by atoms with E-state index < -0.39 is 18.4 Å². The fraction of sp³-hybridized carbons (Fsp3) is 0.273. The van der Waals surface area contributed by atoms with Crippen LogP contribution in [0.4, 0.5) is 0 Å². The molecule has 7 nitrogen and oxygen atoms in total. The van der Waals surface area contributed by atoms with Gasteiger partial charge in [0, 0.05) is 0 Å². The Bertz CT molecular complexity index is 447. The van der Waals surface area contributed by atoms with Gasteiger partial charge in [0.2, 0.25) is 5.91 Å². The van der Waals surface area contributed by atoms with Gasteiger partial charge < -0.3 is 15.2 Å². The minimum atomic E-state index is -0.687. The number of benzene rings is 1. The highest BCUT2D eigenvalue weighted by molar-refractivity contribution is 5.96. The van der Waals surface area contributed by atoms with Crippen molar-refractivity contribution in [2.45, 2.75) is 0 Å². The van der Waals surface area contributed by atoms with Crippen molar-refractivity contribution < 1.29 is 23.9 Å². The molecule has 0 aliphatic carbocycles. The van der Waals surface area contributed by atoms with Gasteiger partial charge in [-0.25, -0.2) is 5.48 Å². The number of ether oxygens (including phenoxy) is 2. The summed E-state index contributed by atoms with van der Waals surface area (Å²) in [5.41, 5.74) is 7.16. The Morgan fingerprint density at radius 1 is 1.28 bits per heavy atom. The number of hydrogen-bond donors (Lipinski definition) is 2. The highest BCUT2D eigenvalue weighted by atomic mass is 16.7. The van der Waals surface area contributed by atoms with Crippen LogP contribution in [-0.4, -0.2) is 32.6 Å². The number of carbonyl (C=O) groups is 2. The molecule has 0 saturated carbocycles. The number of hydrogen-bond acceptors (Lipinski definition) is 5.